The highest BCUT2D eigenvalue weighted by Crippen LogP contribution is 2.21. The normalized spacial score (nSPS) is 10.6. The molecule has 2 heterocycles. The van der Waals surface area contributed by atoms with E-state index in [1.807, 2.05) is 23.2 Å². The van der Waals surface area contributed by atoms with Gasteiger partial charge in [0.05, 0.1) is 12.0 Å². The highest BCUT2D eigenvalue weighted by Gasteiger charge is 2.05. The lowest BCUT2D eigenvalue weighted by atomic mass is 10.5. The first-order valence-corrected chi connectivity index (χ1v) is 4.80. The number of hydrogen-bond acceptors (Lipinski definition) is 4. The smallest absolute Gasteiger partial charge is 0.143 e. The summed E-state index contributed by atoms with van der Waals surface area (Å²) in [7, 11) is 1.94. The van der Waals surface area contributed by atoms with Crippen LogP contribution in [0.15, 0.2) is 17.9 Å². The van der Waals surface area contributed by atoms with Gasteiger partial charge in [-0.1, -0.05) is 0 Å². The first kappa shape index (κ1) is 8.40. The summed E-state index contributed by atoms with van der Waals surface area (Å²) < 4.78 is 1.90. The van der Waals surface area contributed by atoms with Crippen molar-refractivity contribution in [2.75, 3.05) is 0 Å². The molecule has 0 spiro atoms. The van der Waals surface area contributed by atoms with Gasteiger partial charge in [0.15, 0.2) is 0 Å². The molecule has 2 aromatic rings. The summed E-state index contributed by atoms with van der Waals surface area (Å²) in [6.45, 7) is 0.489. The lowest BCUT2D eigenvalue weighted by Gasteiger charge is -1.86. The first-order valence-electron chi connectivity index (χ1n) is 3.92. The molecule has 0 bridgehead atoms. The molecular formula is C8H10N4S. The molecule has 0 amide bonds. The fourth-order valence-corrected chi connectivity index (χ4v) is 1.83. The van der Waals surface area contributed by atoms with Crippen LogP contribution in [0.3, 0.4) is 0 Å². The van der Waals surface area contributed by atoms with Crippen molar-refractivity contribution in [3.8, 4) is 10.7 Å². The molecule has 0 atom stereocenters. The van der Waals surface area contributed by atoms with E-state index in [2.05, 4.69) is 9.97 Å². The van der Waals surface area contributed by atoms with Gasteiger partial charge >= 0.3 is 0 Å². The van der Waals surface area contributed by atoms with E-state index < -0.39 is 0 Å². The van der Waals surface area contributed by atoms with E-state index >= 15 is 0 Å². The van der Waals surface area contributed by atoms with Crippen LogP contribution in [0.4, 0.5) is 0 Å². The second-order valence-electron chi connectivity index (χ2n) is 2.77. The van der Waals surface area contributed by atoms with E-state index in [0.29, 0.717) is 6.54 Å². The molecule has 0 fully saturated rings. The fourth-order valence-electron chi connectivity index (χ4n) is 1.04. The number of rotatable bonds is 2. The molecule has 0 unspecified atom stereocenters. The summed E-state index contributed by atoms with van der Waals surface area (Å²) in [5.74, 6) is 0. The molecule has 0 aliphatic rings. The predicted molar refractivity (Wildman–Crippen MR) is 52.2 cm³/mol. The van der Waals surface area contributed by atoms with Gasteiger partial charge in [0.2, 0.25) is 0 Å². The van der Waals surface area contributed by atoms with Crippen molar-refractivity contribution in [2.45, 2.75) is 6.54 Å². The summed E-state index contributed by atoms with van der Waals surface area (Å²) in [6.07, 6.45) is 3.71. The highest BCUT2D eigenvalue weighted by molar-refractivity contribution is 7.13. The second kappa shape index (κ2) is 3.27. The summed E-state index contributed by atoms with van der Waals surface area (Å²) in [4.78, 5) is 8.53. The van der Waals surface area contributed by atoms with E-state index in [1.54, 1.807) is 17.7 Å². The Balaban J connectivity index is 2.35. The van der Waals surface area contributed by atoms with E-state index in [-0.39, 0.29) is 0 Å². The fraction of sp³-hybridized carbons (Fsp3) is 0.250. The maximum Gasteiger partial charge on any atom is 0.143 e. The molecular weight excluding hydrogens is 184 g/mol. The van der Waals surface area contributed by atoms with Crippen LogP contribution >= 0.6 is 11.3 Å². The molecule has 0 aromatic carbocycles. The summed E-state index contributed by atoms with van der Waals surface area (Å²) >= 11 is 1.57. The van der Waals surface area contributed by atoms with Gasteiger partial charge in [0, 0.05) is 25.2 Å². The van der Waals surface area contributed by atoms with Crippen LogP contribution in [0.25, 0.3) is 10.7 Å². The SMILES string of the molecule is Cn1cnc(-c2nc(CN)cs2)c1. The van der Waals surface area contributed by atoms with Crippen molar-refractivity contribution >= 4 is 11.3 Å². The standard InChI is InChI=1S/C8H10N4S/c1-12-3-7(10-5-12)8-11-6(2-9)4-13-8/h3-5H,2,9H2,1H3. The van der Waals surface area contributed by atoms with E-state index in [9.17, 15) is 0 Å². The molecule has 0 aliphatic heterocycles. The third kappa shape index (κ3) is 1.61. The van der Waals surface area contributed by atoms with Crippen LogP contribution in [0.2, 0.25) is 0 Å². The van der Waals surface area contributed by atoms with Gasteiger partial charge in [-0.15, -0.1) is 11.3 Å². The predicted octanol–water partition coefficient (Wildman–Crippen LogP) is 1.00. The lowest BCUT2D eigenvalue weighted by Crippen LogP contribution is -1.95. The minimum Gasteiger partial charge on any atom is -0.340 e. The van der Waals surface area contributed by atoms with Gasteiger partial charge in [-0.2, -0.15) is 0 Å². The molecule has 2 N–H and O–H groups in total. The molecule has 4 nitrogen and oxygen atoms in total. The monoisotopic (exact) mass is 194 g/mol. The summed E-state index contributed by atoms with van der Waals surface area (Å²) in [5, 5.41) is 2.89. The Morgan fingerprint density at radius 1 is 1.62 bits per heavy atom. The maximum atomic E-state index is 5.46. The number of thiazole rings is 1. The number of aromatic nitrogens is 3. The number of hydrogen-bond donors (Lipinski definition) is 1. The van der Waals surface area contributed by atoms with Crippen molar-refractivity contribution in [1.29, 1.82) is 0 Å². The van der Waals surface area contributed by atoms with Crippen LogP contribution in [-0.4, -0.2) is 14.5 Å². The zero-order chi connectivity index (χ0) is 9.26. The molecule has 0 aliphatic carbocycles. The Kier molecular flexibility index (Phi) is 2.12. The van der Waals surface area contributed by atoms with Crippen molar-refractivity contribution in [3.05, 3.63) is 23.6 Å². The Labute approximate surface area is 80.1 Å². The minimum absolute atomic E-state index is 0.489. The number of aryl methyl sites for hydroxylation is 1. The van der Waals surface area contributed by atoms with Gasteiger partial charge < -0.3 is 10.3 Å². The van der Waals surface area contributed by atoms with Gasteiger partial charge in [-0.3, -0.25) is 0 Å². The highest BCUT2D eigenvalue weighted by atomic mass is 32.1. The largest absolute Gasteiger partial charge is 0.340 e. The van der Waals surface area contributed by atoms with E-state index in [4.69, 9.17) is 5.73 Å². The van der Waals surface area contributed by atoms with Crippen molar-refractivity contribution < 1.29 is 0 Å². The molecule has 0 radical (unpaired) electrons. The lowest BCUT2D eigenvalue weighted by molar-refractivity contribution is 0.913. The number of nitrogens with zero attached hydrogens (tertiary/aromatic N) is 3. The third-order valence-corrected chi connectivity index (χ3v) is 2.60. The summed E-state index contributed by atoms with van der Waals surface area (Å²) in [5.41, 5.74) is 7.30. The van der Waals surface area contributed by atoms with Crippen molar-refractivity contribution in [1.82, 2.24) is 14.5 Å². The Morgan fingerprint density at radius 2 is 2.46 bits per heavy atom. The van der Waals surface area contributed by atoms with Crippen LogP contribution in [0.5, 0.6) is 0 Å². The Hall–Kier alpha value is -1.20. The number of nitrogens with two attached hydrogens (primary N) is 1. The van der Waals surface area contributed by atoms with Gasteiger partial charge in [-0.25, -0.2) is 9.97 Å². The molecule has 0 saturated heterocycles. The topological polar surface area (TPSA) is 56.7 Å². The van der Waals surface area contributed by atoms with Gasteiger partial charge in [-0.05, 0) is 0 Å². The summed E-state index contributed by atoms with van der Waals surface area (Å²) in [6, 6.07) is 0. The first-order chi connectivity index (χ1) is 6.29. The van der Waals surface area contributed by atoms with Gasteiger partial charge in [0.25, 0.3) is 0 Å². The van der Waals surface area contributed by atoms with Crippen molar-refractivity contribution in [3.63, 3.8) is 0 Å². The average molecular weight is 194 g/mol. The second-order valence-corrected chi connectivity index (χ2v) is 3.63. The Morgan fingerprint density at radius 3 is 3.00 bits per heavy atom. The van der Waals surface area contributed by atoms with E-state index in [1.165, 1.54) is 0 Å². The molecule has 2 rings (SSSR count). The van der Waals surface area contributed by atoms with Crippen LogP contribution < -0.4 is 5.73 Å². The zero-order valence-corrected chi connectivity index (χ0v) is 8.08. The van der Waals surface area contributed by atoms with Crippen molar-refractivity contribution in [2.24, 2.45) is 12.8 Å². The molecule has 5 heteroatoms. The molecule has 0 saturated carbocycles. The molecule has 13 heavy (non-hydrogen) atoms. The van der Waals surface area contributed by atoms with Gasteiger partial charge in [0.1, 0.15) is 10.7 Å². The minimum atomic E-state index is 0.489. The van der Waals surface area contributed by atoms with Crippen LogP contribution in [0.1, 0.15) is 5.69 Å². The third-order valence-electron chi connectivity index (χ3n) is 1.68. The van der Waals surface area contributed by atoms with E-state index in [0.717, 1.165) is 16.4 Å². The average Bonchev–Trinajstić information content (AvgIpc) is 2.71. The molecule has 68 valence electrons. The zero-order valence-electron chi connectivity index (χ0n) is 7.27. The molecule has 2 aromatic heterocycles. The maximum absolute atomic E-state index is 5.46. The van der Waals surface area contributed by atoms with Crippen LogP contribution in [0, 0.1) is 0 Å². The van der Waals surface area contributed by atoms with Crippen LogP contribution in [-0.2, 0) is 13.6 Å². The number of imidazole rings is 1. The Bertz CT molecular complexity index is 404. The quantitative estimate of drug-likeness (QED) is 0.776.